The minimum absolute atomic E-state index is 0.144. The molecule has 0 saturated heterocycles. The molecule has 0 aromatic heterocycles. The van der Waals surface area contributed by atoms with Crippen LogP contribution in [-0.4, -0.2) is 12.6 Å². The molecule has 0 aromatic carbocycles. The highest BCUT2D eigenvalue weighted by atomic mass is 16.5. The van der Waals surface area contributed by atoms with Gasteiger partial charge in [-0.05, 0) is 12.8 Å². The predicted molar refractivity (Wildman–Crippen MR) is 40.6 cm³/mol. The van der Waals surface area contributed by atoms with Crippen molar-refractivity contribution in [2.75, 3.05) is 6.61 Å². The summed E-state index contributed by atoms with van der Waals surface area (Å²) in [5.74, 6) is 0.0777. The third kappa shape index (κ3) is 4.13. The summed E-state index contributed by atoms with van der Waals surface area (Å²) in [7, 11) is 0. The van der Waals surface area contributed by atoms with Crippen molar-refractivity contribution in [3.05, 3.63) is 12.7 Å². The summed E-state index contributed by atoms with van der Waals surface area (Å²) in [6.45, 7) is 7.76. The lowest BCUT2D eigenvalue weighted by Gasteiger charge is -2.03. The molecule has 0 radical (unpaired) electrons. The van der Waals surface area contributed by atoms with Gasteiger partial charge in [-0.25, -0.2) is 0 Å². The van der Waals surface area contributed by atoms with Gasteiger partial charge < -0.3 is 4.74 Å². The Labute approximate surface area is 61.9 Å². The summed E-state index contributed by atoms with van der Waals surface area (Å²) in [5, 5.41) is 0. The largest absolute Gasteiger partial charge is 0.466 e. The Morgan fingerprint density at radius 1 is 1.80 bits per heavy atom. The molecule has 0 N–H and O–H groups in total. The zero-order valence-corrected chi connectivity index (χ0v) is 6.59. The van der Waals surface area contributed by atoms with Crippen molar-refractivity contribution < 1.29 is 9.53 Å². The van der Waals surface area contributed by atoms with Crippen molar-refractivity contribution in [2.45, 2.75) is 20.3 Å². The maximum absolute atomic E-state index is 10.7. The van der Waals surface area contributed by atoms with Gasteiger partial charge in [0.2, 0.25) is 0 Å². The van der Waals surface area contributed by atoms with Gasteiger partial charge in [0, 0.05) is 0 Å². The molecular formula is C8H14O2. The zero-order chi connectivity index (χ0) is 7.98. The van der Waals surface area contributed by atoms with Gasteiger partial charge in [-0.1, -0.05) is 13.0 Å². The lowest BCUT2D eigenvalue weighted by molar-refractivity contribution is -0.143. The number of ether oxygens (including phenoxy) is 1. The Kier molecular flexibility index (Phi) is 4.63. The van der Waals surface area contributed by atoms with Gasteiger partial charge in [-0.15, -0.1) is 6.58 Å². The van der Waals surface area contributed by atoms with Crippen molar-refractivity contribution in [3.63, 3.8) is 0 Å². The molecule has 0 aliphatic heterocycles. The second kappa shape index (κ2) is 5.03. The van der Waals surface area contributed by atoms with Crippen LogP contribution in [0.25, 0.3) is 0 Å². The van der Waals surface area contributed by atoms with Gasteiger partial charge in [0.25, 0.3) is 0 Å². The van der Waals surface area contributed by atoms with E-state index < -0.39 is 0 Å². The fourth-order valence-corrected chi connectivity index (χ4v) is 0.566. The third-order valence-electron chi connectivity index (χ3n) is 1.20. The van der Waals surface area contributed by atoms with Crippen molar-refractivity contribution in [1.82, 2.24) is 0 Å². The molecule has 0 aliphatic carbocycles. The lowest BCUT2D eigenvalue weighted by atomic mass is 10.1. The summed E-state index contributed by atoms with van der Waals surface area (Å²) in [5.41, 5.74) is 0. The zero-order valence-electron chi connectivity index (χ0n) is 6.59. The minimum Gasteiger partial charge on any atom is -0.466 e. The van der Waals surface area contributed by atoms with E-state index >= 15 is 0 Å². The van der Waals surface area contributed by atoms with Gasteiger partial charge in [0.15, 0.2) is 0 Å². The van der Waals surface area contributed by atoms with E-state index in [-0.39, 0.29) is 11.9 Å². The maximum atomic E-state index is 10.7. The molecule has 0 fully saturated rings. The van der Waals surface area contributed by atoms with Gasteiger partial charge in [-0.2, -0.15) is 0 Å². The van der Waals surface area contributed by atoms with Crippen molar-refractivity contribution in [3.8, 4) is 0 Å². The first-order valence-electron chi connectivity index (χ1n) is 3.48. The third-order valence-corrected chi connectivity index (χ3v) is 1.20. The van der Waals surface area contributed by atoms with Crippen LogP contribution < -0.4 is 0 Å². The van der Waals surface area contributed by atoms with Crippen molar-refractivity contribution in [1.29, 1.82) is 0 Å². The van der Waals surface area contributed by atoms with Crippen LogP contribution >= 0.6 is 0 Å². The van der Waals surface area contributed by atoms with Crippen LogP contribution in [0.3, 0.4) is 0 Å². The van der Waals surface area contributed by atoms with E-state index in [1.54, 1.807) is 13.0 Å². The summed E-state index contributed by atoms with van der Waals surface area (Å²) < 4.78 is 4.73. The van der Waals surface area contributed by atoms with Gasteiger partial charge in [-0.3, -0.25) is 4.79 Å². The van der Waals surface area contributed by atoms with Crippen molar-refractivity contribution in [2.24, 2.45) is 5.92 Å². The van der Waals surface area contributed by atoms with Crippen LogP contribution in [0, 0.1) is 5.92 Å². The Morgan fingerprint density at radius 2 is 2.40 bits per heavy atom. The second-order valence-electron chi connectivity index (χ2n) is 2.22. The first-order chi connectivity index (χ1) is 4.70. The van der Waals surface area contributed by atoms with E-state index in [0.29, 0.717) is 13.0 Å². The average molecular weight is 142 g/mol. The first-order valence-corrected chi connectivity index (χ1v) is 3.48. The Hall–Kier alpha value is -0.790. The second-order valence-corrected chi connectivity index (χ2v) is 2.22. The smallest absolute Gasteiger partial charge is 0.306 e. The highest BCUT2D eigenvalue weighted by Crippen LogP contribution is 2.02. The van der Waals surface area contributed by atoms with E-state index in [9.17, 15) is 4.79 Å². The van der Waals surface area contributed by atoms with Crippen LogP contribution in [0.4, 0.5) is 0 Å². The van der Waals surface area contributed by atoms with Gasteiger partial charge >= 0.3 is 5.97 Å². The summed E-state index contributed by atoms with van der Waals surface area (Å²) in [4.78, 5) is 10.7. The van der Waals surface area contributed by atoms with E-state index in [2.05, 4.69) is 6.58 Å². The van der Waals surface area contributed by atoms with Crippen LogP contribution in [0.5, 0.6) is 0 Å². The molecule has 0 unspecified atom stereocenters. The molecule has 1 atom stereocenters. The van der Waals surface area contributed by atoms with E-state index in [4.69, 9.17) is 4.74 Å². The monoisotopic (exact) mass is 142 g/mol. The molecule has 0 saturated carbocycles. The molecule has 0 bridgehead atoms. The normalized spacial score (nSPS) is 12.2. The molecule has 58 valence electrons. The highest BCUT2D eigenvalue weighted by molar-refractivity contribution is 5.69. The molecular weight excluding hydrogens is 128 g/mol. The number of hydrogen-bond acceptors (Lipinski definition) is 2. The quantitative estimate of drug-likeness (QED) is 0.441. The Balaban J connectivity index is 3.46. The van der Waals surface area contributed by atoms with E-state index in [1.807, 2.05) is 6.92 Å². The molecule has 0 heterocycles. The molecule has 10 heavy (non-hydrogen) atoms. The highest BCUT2D eigenvalue weighted by Gasteiger charge is 2.04. The molecule has 0 rings (SSSR count). The molecule has 0 amide bonds. The summed E-state index contributed by atoms with van der Waals surface area (Å²) in [6.07, 6.45) is 2.19. The average Bonchev–Trinajstić information content (AvgIpc) is 1.88. The summed E-state index contributed by atoms with van der Waals surface area (Å²) >= 11 is 0. The number of carbonyl (C=O) groups excluding carboxylic acids is 1. The first kappa shape index (κ1) is 9.21. The minimum atomic E-state index is -0.144. The van der Waals surface area contributed by atoms with Crippen LogP contribution in [0.2, 0.25) is 0 Å². The standard InChI is InChI=1S/C8H14O2/c1-4-7(3)6-8(9)10-5-2/h4,7H,1,5-6H2,2-3H3/t7-/m0/s1. The fourth-order valence-electron chi connectivity index (χ4n) is 0.566. The van der Waals surface area contributed by atoms with Crippen molar-refractivity contribution >= 4 is 5.97 Å². The SMILES string of the molecule is C=C[C@H](C)CC(=O)OCC. The molecule has 0 aromatic rings. The molecule has 0 spiro atoms. The fraction of sp³-hybridized carbons (Fsp3) is 0.625. The van der Waals surface area contributed by atoms with Gasteiger partial charge in [0.1, 0.15) is 0 Å². The number of allylic oxidation sites excluding steroid dienone is 1. The number of carbonyl (C=O) groups is 1. The van der Waals surface area contributed by atoms with Crippen LogP contribution in [0.1, 0.15) is 20.3 Å². The molecule has 0 aliphatic rings. The lowest BCUT2D eigenvalue weighted by Crippen LogP contribution is -2.07. The number of hydrogen-bond donors (Lipinski definition) is 0. The molecule has 2 heteroatoms. The number of esters is 1. The van der Waals surface area contributed by atoms with E-state index in [1.165, 1.54) is 0 Å². The molecule has 2 nitrogen and oxygen atoms in total. The Bertz CT molecular complexity index is 118. The van der Waals surface area contributed by atoms with Crippen LogP contribution in [0.15, 0.2) is 12.7 Å². The van der Waals surface area contributed by atoms with E-state index in [0.717, 1.165) is 0 Å². The maximum Gasteiger partial charge on any atom is 0.306 e. The topological polar surface area (TPSA) is 26.3 Å². The van der Waals surface area contributed by atoms with Gasteiger partial charge in [0.05, 0.1) is 13.0 Å². The predicted octanol–water partition coefficient (Wildman–Crippen LogP) is 1.76. The van der Waals surface area contributed by atoms with Crippen LogP contribution in [-0.2, 0) is 9.53 Å². The number of rotatable bonds is 4. The summed E-state index contributed by atoms with van der Waals surface area (Å²) in [6, 6.07) is 0. The Morgan fingerprint density at radius 3 is 2.80 bits per heavy atom.